The molecule has 0 aromatic carbocycles. The first kappa shape index (κ1) is 14.3. The Kier molecular flexibility index (Phi) is 3.61. The Balaban J connectivity index is 1.94. The third kappa shape index (κ3) is 2.29. The van der Waals surface area contributed by atoms with E-state index in [1.165, 1.54) is 12.8 Å². The van der Waals surface area contributed by atoms with Crippen LogP contribution in [-0.4, -0.2) is 33.8 Å². The van der Waals surface area contributed by atoms with Gasteiger partial charge in [0.15, 0.2) is 0 Å². The number of hydrogen-bond acceptors (Lipinski definition) is 5. The van der Waals surface area contributed by atoms with Gasteiger partial charge in [-0.05, 0) is 31.1 Å². The molecule has 3 rings (SSSR count). The van der Waals surface area contributed by atoms with Crippen LogP contribution in [0.3, 0.4) is 0 Å². The fourth-order valence-electron chi connectivity index (χ4n) is 4.03. The molecule has 0 amide bonds. The summed E-state index contributed by atoms with van der Waals surface area (Å²) in [5, 5.41) is 15.8. The highest BCUT2D eigenvalue weighted by atomic mass is 16.6. The molecule has 2 aliphatic rings. The third-order valence-electron chi connectivity index (χ3n) is 5.03. The van der Waals surface area contributed by atoms with Gasteiger partial charge in [0.1, 0.15) is 5.69 Å². The van der Waals surface area contributed by atoms with Gasteiger partial charge in [0.2, 0.25) is 5.82 Å². The van der Waals surface area contributed by atoms with Crippen molar-refractivity contribution >= 4 is 11.5 Å². The molecule has 0 radical (unpaired) electrons. The Hall–Kier alpha value is -1.63. The average molecular weight is 293 g/mol. The summed E-state index contributed by atoms with van der Waals surface area (Å²) in [4.78, 5) is 13.3. The van der Waals surface area contributed by atoms with Gasteiger partial charge in [-0.1, -0.05) is 13.3 Å². The van der Waals surface area contributed by atoms with Crippen LogP contribution in [0, 0.1) is 22.0 Å². The summed E-state index contributed by atoms with van der Waals surface area (Å²) < 4.78 is 1.67. The largest absolute Gasteiger partial charge is 0.350 e. The molecule has 7 heteroatoms. The fourth-order valence-corrected chi connectivity index (χ4v) is 4.03. The van der Waals surface area contributed by atoms with Gasteiger partial charge in [-0.15, -0.1) is 0 Å². The maximum absolute atomic E-state index is 11.5. The second kappa shape index (κ2) is 5.29. The SMILES string of the molecule is CCc1nn(C)c(N2CC3CCCC(N)C3C2)c1[N+](=O)[O-]. The third-order valence-corrected chi connectivity index (χ3v) is 5.03. The van der Waals surface area contributed by atoms with Gasteiger partial charge in [0.25, 0.3) is 0 Å². The topological polar surface area (TPSA) is 90.2 Å². The number of fused-ring (bicyclic) bond motifs is 1. The van der Waals surface area contributed by atoms with Crippen molar-refractivity contribution in [3.05, 3.63) is 15.8 Å². The molecule has 1 aliphatic carbocycles. The summed E-state index contributed by atoms with van der Waals surface area (Å²) in [5.41, 5.74) is 6.98. The summed E-state index contributed by atoms with van der Waals surface area (Å²) in [6.07, 6.45) is 4.00. The number of rotatable bonds is 3. The molecular weight excluding hydrogens is 270 g/mol. The van der Waals surface area contributed by atoms with Crippen LogP contribution in [0.4, 0.5) is 11.5 Å². The number of nitrogens with zero attached hydrogens (tertiary/aromatic N) is 4. The lowest BCUT2D eigenvalue weighted by molar-refractivity contribution is -0.384. The van der Waals surface area contributed by atoms with Crippen molar-refractivity contribution in [2.45, 2.75) is 38.6 Å². The molecule has 3 unspecified atom stereocenters. The van der Waals surface area contributed by atoms with E-state index in [-0.39, 0.29) is 16.7 Å². The average Bonchev–Trinajstić information content (AvgIpc) is 2.99. The Morgan fingerprint density at radius 3 is 2.81 bits per heavy atom. The van der Waals surface area contributed by atoms with Crippen LogP contribution in [0.25, 0.3) is 0 Å². The van der Waals surface area contributed by atoms with Crippen LogP contribution in [0.15, 0.2) is 0 Å². The molecule has 1 aromatic heterocycles. The number of hydrogen-bond donors (Lipinski definition) is 1. The van der Waals surface area contributed by atoms with Crippen LogP contribution < -0.4 is 10.6 Å². The first-order chi connectivity index (χ1) is 10.0. The Morgan fingerprint density at radius 2 is 2.19 bits per heavy atom. The van der Waals surface area contributed by atoms with Crippen molar-refractivity contribution in [3.63, 3.8) is 0 Å². The summed E-state index contributed by atoms with van der Waals surface area (Å²) in [6, 6.07) is 0.228. The molecule has 2 fully saturated rings. The van der Waals surface area contributed by atoms with E-state index in [1.807, 2.05) is 6.92 Å². The lowest BCUT2D eigenvalue weighted by Gasteiger charge is -2.29. The molecule has 21 heavy (non-hydrogen) atoms. The zero-order chi connectivity index (χ0) is 15.1. The number of aryl methyl sites for hydroxylation is 2. The molecule has 1 saturated heterocycles. The van der Waals surface area contributed by atoms with E-state index in [2.05, 4.69) is 10.00 Å². The maximum Gasteiger partial charge on any atom is 0.334 e. The smallest absolute Gasteiger partial charge is 0.334 e. The normalized spacial score (nSPS) is 28.7. The quantitative estimate of drug-likeness (QED) is 0.673. The molecule has 0 bridgehead atoms. The summed E-state index contributed by atoms with van der Waals surface area (Å²) >= 11 is 0. The molecule has 7 nitrogen and oxygen atoms in total. The van der Waals surface area contributed by atoms with Gasteiger partial charge >= 0.3 is 5.69 Å². The number of nitro groups is 1. The van der Waals surface area contributed by atoms with Crippen molar-refractivity contribution in [1.82, 2.24) is 9.78 Å². The highest BCUT2D eigenvalue weighted by molar-refractivity contribution is 5.62. The first-order valence-electron chi connectivity index (χ1n) is 7.73. The van der Waals surface area contributed by atoms with Crippen LogP contribution in [0.2, 0.25) is 0 Å². The predicted octanol–water partition coefficient (Wildman–Crippen LogP) is 1.45. The molecule has 1 aromatic rings. The Morgan fingerprint density at radius 1 is 1.43 bits per heavy atom. The standard InChI is InChI=1S/C14H23N5O2/c1-3-12-13(19(20)21)14(17(2)16-12)18-7-9-5-4-6-11(15)10(9)8-18/h9-11H,3-8,15H2,1-2H3. The highest BCUT2D eigenvalue weighted by Crippen LogP contribution is 2.41. The Labute approximate surface area is 124 Å². The van der Waals surface area contributed by atoms with Crippen molar-refractivity contribution in [2.24, 2.45) is 24.6 Å². The summed E-state index contributed by atoms with van der Waals surface area (Å²) in [6.45, 7) is 3.58. The van der Waals surface area contributed by atoms with E-state index in [1.54, 1.807) is 11.7 Å². The van der Waals surface area contributed by atoms with Crippen molar-refractivity contribution in [1.29, 1.82) is 0 Å². The number of aromatic nitrogens is 2. The zero-order valence-electron chi connectivity index (χ0n) is 12.7. The number of nitrogens with two attached hydrogens (primary N) is 1. The van der Waals surface area contributed by atoms with E-state index in [0.29, 0.717) is 29.8 Å². The van der Waals surface area contributed by atoms with Crippen molar-refractivity contribution in [3.8, 4) is 0 Å². The number of anilines is 1. The van der Waals surface area contributed by atoms with Crippen LogP contribution >= 0.6 is 0 Å². The molecule has 3 atom stereocenters. The minimum atomic E-state index is -0.289. The van der Waals surface area contributed by atoms with E-state index in [4.69, 9.17) is 5.73 Å². The highest BCUT2D eigenvalue weighted by Gasteiger charge is 2.42. The van der Waals surface area contributed by atoms with E-state index in [0.717, 1.165) is 19.5 Å². The molecule has 1 saturated carbocycles. The second-order valence-electron chi connectivity index (χ2n) is 6.28. The summed E-state index contributed by atoms with van der Waals surface area (Å²) in [5.74, 6) is 1.67. The molecule has 2 N–H and O–H groups in total. The molecule has 2 heterocycles. The van der Waals surface area contributed by atoms with Gasteiger partial charge < -0.3 is 10.6 Å². The van der Waals surface area contributed by atoms with E-state index >= 15 is 0 Å². The van der Waals surface area contributed by atoms with Crippen LogP contribution in [0.5, 0.6) is 0 Å². The van der Waals surface area contributed by atoms with Crippen molar-refractivity contribution < 1.29 is 4.92 Å². The predicted molar refractivity (Wildman–Crippen MR) is 80.3 cm³/mol. The van der Waals surface area contributed by atoms with Gasteiger partial charge in [-0.2, -0.15) is 5.10 Å². The monoisotopic (exact) mass is 293 g/mol. The van der Waals surface area contributed by atoms with Gasteiger partial charge in [0.05, 0.1) is 4.92 Å². The maximum atomic E-state index is 11.5. The molecule has 116 valence electrons. The fraction of sp³-hybridized carbons (Fsp3) is 0.786. The van der Waals surface area contributed by atoms with Crippen LogP contribution in [0.1, 0.15) is 31.9 Å². The van der Waals surface area contributed by atoms with Crippen molar-refractivity contribution in [2.75, 3.05) is 18.0 Å². The molecule has 0 spiro atoms. The van der Waals surface area contributed by atoms with Crippen LogP contribution in [-0.2, 0) is 13.5 Å². The minimum Gasteiger partial charge on any atom is -0.350 e. The molecule has 1 aliphatic heterocycles. The van der Waals surface area contributed by atoms with E-state index < -0.39 is 0 Å². The molecular formula is C14H23N5O2. The minimum absolute atomic E-state index is 0.173. The van der Waals surface area contributed by atoms with E-state index in [9.17, 15) is 10.1 Å². The van der Waals surface area contributed by atoms with Gasteiger partial charge in [-0.25, -0.2) is 4.68 Å². The van der Waals surface area contributed by atoms with Gasteiger partial charge in [0, 0.05) is 26.2 Å². The summed E-state index contributed by atoms with van der Waals surface area (Å²) in [7, 11) is 1.80. The lowest BCUT2D eigenvalue weighted by atomic mass is 9.78. The Bertz CT molecular complexity index is 556. The first-order valence-corrected chi connectivity index (χ1v) is 7.73. The van der Waals surface area contributed by atoms with Gasteiger partial charge in [-0.3, -0.25) is 10.1 Å². The zero-order valence-corrected chi connectivity index (χ0v) is 12.7. The lowest BCUT2D eigenvalue weighted by Crippen LogP contribution is -2.38. The second-order valence-corrected chi connectivity index (χ2v) is 6.28.